The molecular weight excluding hydrogens is 394 g/mol. The van der Waals surface area contributed by atoms with Gasteiger partial charge in [-0.15, -0.1) is 11.3 Å². The number of aliphatic hydroxyl groups is 1. The lowest BCUT2D eigenvalue weighted by Gasteiger charge is -2.28. The second kappa shape index (κ2) is 9.91. The number of anilines is 1. The number of nitrogens with zero attached hydrogens (tertiary/aromatic N) is 3. The topological polar surface area (TPSA) is 72.8 Å². The van der Waals surface area contributed by atoms with Gasteiger partial charge in [0, 0.05) is 49.0 Å². The van der Waals surface area contributed by atoms with Gasteiger partial charge in [0.15, 0.2) is 5.96 Å². The maximum atomic E-state index is 10.6. The highest BCUT2D eigenvalue weighted by Gasteiger charge is 2.14. The first-order chi connectivity index (χ1) is 14.7. The molecule has 0 bridgehead atoms. The number of guanidine groups is 1. The summed E-state index contributed by atoms with van der Waals surface area (Å²) in [7, 11) is 1.74. The van der Waals surface area contributed by atoms with E-state index in [0.29, 0.717) is 19.0 Å². The molecule has 0 aliphatic carbocycles. The third kappa shape index (κ3) is 5.09. The second-order valence-corrected chi connectivity index (χ2v) is 8.69. The number of benzene rings is 1. The summed E-state index contributed by atoms with van der Waals surface area (Å²) in [5, 5.41) is 18.3. The first-order valence-corrected chi connectivity index (χ1v) is 11.4. The summed E-state index contributed by atoms with van der Waals surface area (Å²) in [5.74, 6) is 1.73. The highest BCUT2D eigenvalue weighted by atomic mass is 32.1. The summed E-state index contributed by atoms with van der Waals surface area (Å²) < 4.78 is 1.19. The molecular formula is C23H29N5OS. The predicted molar refractivity (Wildman–Crippen MR) is 125 cm³/mol. The van der Waals surface area contributed by atoms with Crippen LogP contribution < -0.4 is 15.5 Å². The molecule has 0 saturated carbocycles. The van der Waals surface area contributed by atoms with E-state index in [1.165, 1.54) is 34.9 Å². The van der Waals surface area contributed by atoms with Crippen LogP contribution in [-0.2, 0) is 6.54 Å². The van der Waals surface area contributed by atoms with Crippen LogP contribution in [0.1, 0.15) is 35.8 Å². The van der Waals surface area contributed by atoms with Gasteiger partial charge in [-0.2, -0.15) is 0 Å². The average Bonchev–Trinajstić information content (AvgIpc) is 3.24. The van der Waals surface area contributed by atoms with Crippen LogP contribution in [0.15, 0.2) is 53.7 Å². The minimum absolute atomic E-state index is 0.405. The van der Waals surface area contributed by atoms with E-state index >= 15 is 0 Å². The number of aliphatic hydroxyl groups excluding tert-OH is 1. The van der Waals surface area contributed by atoms with Gasteiger partial charge >= 0.3 is 0 Å². The Kier molecular flexibility index (Phi) is 6.81. The molecule has 3 aromatic rings. The summed E-state index contributed by atoms with van der Waals surface area (Å²) >= 11 is 1.63. The summed E-state index contributed by atoms with van der Waals surface area (Å²) in [6.45, 7) is 3.23. The van der Waals surface area contributed by atoms with Crippen LogP contribution in [0, 0.1) is 0 Å². The Balaban J connectivity index is 1.30. The van der Waals surface area contributed by atoms with Gasteiger partial charge < -0.3 is 20.6 Å². The van der Waals surface area contributed by atoms with Crippen molar-refractivity contribution in [3.05, 3.63) is 59.1 Å². The Morgan fingerprint density at radius 3 is 2.80 bits per heavy atom. The van der Waals surface area contributed by atoms with Gasteiger partial charge in [0.25, 0.3) is 0 Å². The molecule has 3 heterocycles. The maximum Gasteiger partial charge on any atom is 0.191 e. The molecule has 1 unspecified atom stereocenters. The molecule has 0 amide bonds. The van der Waals surface area contributed by atoms with Crippen molar-refractivity contribution in [3.8, 4) is 0 Å². The molecule has 3 N–H and O–H groups in total. The van der Waals surface area contributed by atoms with E-state index in [9.17, 15) is 5.11 Å². The summed E-state index contributed by atoms with van der Waals surface area (Å²) in [6.07, 6.45) is 5.09. The van der Waals surface area contributed by atoms with Crippen LogP contribution >= 0.6 is 11.3 Å². The number of fused-ring (bicyclic) bond motifs is 1. The van der Waals surface area contributed by atoms with Gasteiger partial charge in [-0.05, 0) is 54.5 Å². The standard InChI is InChI=1S/C23H29N5OS/c1-24-23(27-16-19(29)21-14-18-7-3-4-8-20(18)30-21)26-15-17-9-10-25-22(13-17)28-11-5-2-6-12-28/h3-4,7-10,13-14,19,29H,2,5-6,11-12,15-16H2,1H3,(H2,24,26,27). The molecule has 1 aromatic carbocycles. The van der Waals surface area contributed by atoms with Crippen molar-refractivity contribution in [1.82, 2.24) is 15.6 Å². The second-order valence-electron chi connectivity index (χ2n) is 7.58. The van der Waals surface area contributed by atoms with E-state index in [4.69, 9.17) is 0 Å². The molecule has 4 rings (SSSR count). The van der Waals surface area contributed by atoms with Crippen molar-refractivity contribution in [1.29, 1.82) is 0 Å². The average molecular weight is 424 g/mol. The van der Waals surface area contributed by atoms with Gasteiger partial charge in [0.1, 0.15) is 11.9 Å². The van der Waals surface area contributed by atoms with Crippen molar-refractivity contribution in [3.63, 3.8) is 0 Å². The lowest BCUT2D eigenvalue weighted by molar-refractivity contribution is 0.184. The molecule has 30 heavy (non-hydrogen) atoms. The number of thiophene rings is 1. The summed E-state index contributed by atoms with van der Waals surface area (Å²) in [5.41, 5.74) is 1.17. The van der Waals surface area contributed by atoms with Crippen molar-refractivity contribution in [2.45, 2.75) is 31.9 Å². The van der Waals surface area contributed by atoms with Crippen LogP contribution in [-0.4, -0.2) is 42.7 Å². The van der Waals surface area contributed by atoms with Gasteiger partial charge in [0.2, 0.25) is 0 Å². The quantitative estimate of drug-likeness (QED) is 0.417. The van der Waals surface area contributed by atoms with Crippen molar-refractivity contribution < 1.29 is 5.11 Å². The Labute approximate surface area is 181 Å². The maximum absolute atomic E-state index is 10.6. The minimum atomic E-state index is -0.576. The predicted octanol–water partition coefficient (Wildman–Crippen LogP) is 3.69. The van der Waals surface area contributed by atoms with Crippen molar-refractivity contribution in [2.75, 3.05) is 31.6 Å². The van der Waals surface area contributed by atoms with Gasteiger partial charge in [-0.3, -0.25) is 4.99 Å². The fourth-order valence-corrected chi connectivity index (χ4v) is 4.78. The number of hydrogen-bond donors (Lipinski definition) is 3. The Hall–Kier alpha value is -2.64. The number of aromatic nitrogens is 1. The van der Waals surface area contributed by atoms with E-state index < -0.39 is 6.10 Å². The highest BCUT2D eigenvalue weighted by molar-refractivity contribution is 7.19. The van der Waals surface area contributed by atoms with Crippen LogP contribution in [0.25, 0.3) is 10.1 Å². The van der Waals surface area contributed by atoms with Crippen molar-refractivity contribution >= 4 is 33.2 Å². The fourth-order valence-electron chi connectivity index (χ4n) is 3.73. The molecule has 1 aliphatic heterocycles. The highest BCUT2D eigenvalue weighted by Crippen LogP contribution is 2.29. The van der Waals surface area contributed by atoms with E-state index in [-0.39, 0.29) is 0 Å². The molecule has 0 spiro atoms. The monoisotopic (exact) mass is 423 g/mol. The molecule has 6 nitrogen and oxygen atoms in total. The van der Waals surface area contributed by atoms with Crippen LogP contribution in [0.4, 0.5) is 5.82 Å². The number of hydrogen-bond acceptors (Lipinski definition) is 5. The zero-order chi connectivity index (χ0) is 20.8. The SMILES string of the molecule is CN=C(NCc1ccnc(N2CCCCC2)c1)NCC(O)c1cc2ccccc2s1. The van der Waals surface area contributed by atoms with Crippen LogP contribution in [0.2, 0.25) is 0 Å². The van der Waals surface area contributed by atoms with Crippen molar-refractivity contribution in [2.24, 2.45) is 4.99 Å². The largest absolute Gasteiger partial charge is 0.386 e. The molecule has 1 fully saturated rings. The molecule has 2 aromatic heterocycles. The summed E-state index contributed by atoms with van der Waals surface area (Å²) in [6, 6.07) is 14.4. The van der Waals surface area contributed by atoms with E-state index in [0.717, 1.165) is 23.8 Å². The van der Waals surface area contributed by atoms with Crippen LogP contribution in [0.3, 0.4) is 0 Å². The molecule has 0 radical (unpaired) electrons. The zero-order valence-corrected chi connectivity index (χ0v) is 18.2. The third-order valence-electron chi connectivity index (χ3n) is 5.41. The number of piperidine rings is 1. The summed E-state index contributed by atoms with van der Waals surface area (Å²) in [4.78, 5) is 12.1. The van der Waals surface area contributed by atoms with Gasteiger partial charge in [-0.25, -0.2) is 4.98 Å². The zero-order valence-electron chi connectivity index (χ0n) is 17.3. The fraction of sp³-hybridized carbons (Fsp3) is 0.391. The number of pyridine rings is 1. The Morgan fingerprint density at radius 2 is 2.00 bits per heavy atom. The first-order valence-electron chi connectivity index (χ1n) is 10.5. The smallest absolute Gasteiger partial charge is 0.191 e. The first kappa shape index (κ1) is 20.6. The number of rotatable bonds is 6. The lowest BCUT2D eigenvalue weighted by atomic mass is 10.1. The third-order valence-corrected chi connectivity index (χ3v) is 6.63. The Morgan fingerprint density at radius 1 is 1.17 bits per heavy atom. The molecule has 1 aliphatic rings. The lowest BCUT2D eigenvalue weighted by Crippen LogP contribution is -2.39. The molecule has 1 saturated heterocycles. The normalized spacial score (nSPS) is 15.9. The minimum Gasteiger partial charge on any atom is -0.386 e. The van der Waals surface area contributed by atoms with E-state index in [2.05, 4.69) is 49.8 Å². The van der Waals surface area contributed by atoms with Gasteiger partial charge in [0.05, 0.1) is 0 Å². The molecule has 7 heteroatoms. The number of nitrogens with one attached hydrogen (secondary N) is 2. The number of aliphatic imine (C=N–C) groups is 1. The van der Waals surface area contributed by atoms with E-state index in [1.54, 1.807) is 18.4 Å². The van der Waals surface area contributed by atoms with Gasteiger partial charge in [-0.1, -0.05) is 18.2 Å². The Bertz CT molecular complexity index is 963. The van der Waals surface area contributed by atoms with E-state index in [1.807, 2.05) is 24.4 Å². The molecule has 1 atom stereocenters. The molecule has 158 valence electrons. The van der Waals surface area contributed by atoms with Crippen LogP contribution in [0.5, 0.6) is 0 Å².